The Morgan fingerprint density at radius 1 is 1.61 bits per heavy atom. The molecule has 1 unspecified atom stereocenters. The summed E-state index contributed by atoms with van der Waals surface area (Å²) in [7, 11) is 0. The van der Waals surface area contributed by atoms with Gasteiger partial charge in [-0.15, -0.1) is 0 Å². The summed E-state index contributed by atoms with van der Waals surface area (Å²) >= 11 is 2.22. The van der Waals surface area contributed by atoms with E-state index in [0.29, 0.717) is 12.2 Å². The van der Waals surface area contributed by atoms with Gasteiger partial charge in [-0.25, -0.2) is 4.79 Å². The summed E-state index contributed by atoms with van der Waals surface area (Å²) in [6, 6.07) is -0.0458. The zero-order valence-electron chi connectivity index (χ0n) is 9.83. The van der Waals surface area contributed by atoms with Gasteiger partial charge in [0, 0.05) is 0 Å². The maximum atomic E-state index is 11.5. The zero-order chi connectivity index (χ0) is 13.1. The normalized spacial score (nSPS) is 26.0. The zero-order valence-corrected chi connectivity index (χ0v) is 12.0. The number of hydrogen-bond acceptors (Lipinski definition) is 4. The Kier molecular flexibility index (Phi) is 4.10. The van der Waals surface area contributed by atoms with Crippen molar-refractivity contribution in [3.8, 4) is 0 Å². The van der Waals surface area contributed by atoms with Gasteiger partial charge in [-0.1, -0.05) is 22.6 Å². The van der Waals surface area contributed by atoms with Crippen LogP contribution in [0.5, 0.6) is 0 Å². The Hall–Kier alpha value is -1.25. The lowest BCUT2D eigenvalue weighted by Gasteiger charge is -2.26. The second-order valence-electron chi connectivity index (χ2n) is 4.21. The van der Waals surface area contributed by atoms with Crippen LogP contribution in [-0.2, 0) is 9.53 Å². The summed E-state index contributed by atoms with van der Waals surface area (Å²) in [5.41, 5.74) is 1.08. The SMILES string of the molecule is CC1=CC(I)NC(NC(=O)OC[C@H]2CC(=O)N2)=C1. The highest BCUT2D eigenvalue weighted by atomic mass is 127. The van der Waals surface area contributed by atoms with E-state index >= 15 is 0 Å². The van der Waals surface area contributed by atoms with E-state index in [0.717, 1.165) is 5.57 Å². The number of β-lactam (4-membered cyclic amide) rings is 1. The van der Waals surface area contributed by atoms with Crippen molar-refractivity contribution in [2.24, 2.45) is 0 Å². The Bertz CT molecular complexity index is 425. The first-order chi connectivity index (χ1) is 8.52. The highest BCUT2D eigenvalue weighted by Crippen LogP contribution is 2.12. The van der Waals surface area contributed by atoms with Crippen molar-refractivity contribution in [3.05, 3.63) is 23.5 Å². The molecule has 7 heteroatoms. The summed E-state index contributed by atoms with van der Waals surface area (Å²) in [6.07, 6.45) is 3.78. The molecule has 98 valence electrons. The van der Waals surface area contributed by atoms with Gasteiger partial charge in [0.1, 0.15) is 12.4 Å². The molecule has 0 bridgehead atoms. The third-order valence-electron chi connectivity index (χ3n) is 2.52. The monoisotopic (exact) mass is 363 g/mol. The van der Waals surface area contributed by atoms with Gasteiger partial charge in [-0.05, 0) is 24.6 Å². The lowest BCUT2D eigenvalue weighted by atomic mass is 10.1. The summed E-state index contributed by atoms with van der Waals surface area (Å²) in [5, 5.41) is 8.35. The molecule has 0 aliphatic carbocycles. The summed E-state index contributed by atoms with van der Waals surface area (Å²) in [6.45, 7) is 2.16. The van der Waals surface area contributed by atoms with Gasteiger partial charge in [0.2, 0.25) is 5.91 Å². The second kappa shape index (κ2) is 5.59. The molecule has 0 aromatic carbocycles. The van der Waals surface area contributed by atoms with E-state index in [2.05, 4.69) is 38.5 Å². The molecule has 6 nitrogen and oxygen atoms in total. The van der Waals surface area contributed by atoms with Crippen LogP contribution in [-0.4, -0.2) is 28.7 Å². The van der Waals surface area contributed by atoms with E-state index in [1.165, 1.54) is 0 Å². The minimum atomic E-state index is -0.520. The van der Waals surface area contributed by atoms with Gasteiger partial charge in [0.15, 0.2) is 0 Å². The molecule has 0 spiro atoms. The number of allylic oxidation sites excluding steroid dienone is 2. The minimum Gasteiger partial charge on any atom is -0.447 e. The molecule has 0 aromatic rings. The molecule has 0 aromatic heterocycles. The molecule has 1 fully saturated rings. The predicted octanol–water partition coefficient (Wildman–Crippen LogP) is 0.753. The van der Waals surface area contributed by atoms with Gasteiger partial charge >= 0.3 is 6.09 Å². The smallest absolute Gasteiger partial charge is 0.412 e. The van der Waals surface area contributed by atoms with Crippen LogP contribution in [0.1, 0.15) is 13.3 Å². The quantitative estimate of drug-likeness (QED) is 0.299. The average Bonchev–Trinajstić information content (AvgIpc) is 2.21. The van der Waals surface area contributed by atoms with Crippen LogP contribution in [0.25, 0.3) is 0 Å². The van der Waals surface area contributed by atoms with Crippen molar-refractivity contribution >= 4 is 34.6 Å². The van der Waals surface area contributed by atoms with Gasteiger partial charge in [0.05, 0.1) is 16.5 Å². The van der Waals surface area contributed by atoms with Gasteiger partial charge in [0.25, 0.3) is 0 Å². The Labute approximate surface area is 118 Å². The van der Waals surface area contributed by atoms with E-state index in [1.54, 1.807) is 0 Å². The first-order valence-electron chi connectivity index (χ1n) is 5.57. The van der Waals surface area contributed by atoms with Crippen LogP contribution in [0.3, 0.4) is 0 Å². The van der Waals surface area contributed by atoms with Crippen molar-refractivity contribution in [1.29, 1.82) is 0 Å². The maximum absolute atomic E-state index is 11.5. The number of amides is 2. The molecular formula is C11H14IN3O3. The van der Waals surface area contributed by atoms with Crippen molar-refractivity contribution in [1.82, 2.24) is 16.0 Å². The van der Waals surface area contributed by atoms with Gasteiger partial charge in [-0.3, -0.25) is 10.1 Å². The second-order valence-corrected chi connectivity index (χ2v) is 5.55. The van der Waals surface area contributed by atoms with Crippen LogP contribution in [0, 0.1) is 0 Å². The molecule has 2 aliphatic rings. The first-order valence-corrected chi connectivity index (χ1v) is 6.81. The van der Waals surface area contributed by atoms with E-state index in [-0.39, 0.29) is 22.6 Å². The first kappa shape index (κ1) is 13.2. The predicted molar refractivity (Wildman–Crippen MR) is 73.8 cm³/mol. The number of alkyl halides is 1. The van der Waals surface area contributed by atoms with E-state index in [4.69, 9.17) is 4.74 Å². The van der Waals surface area contributed by atoms with Gasteiger partial charge < -0.3 is 15.4 Å². The molecule has 2 rings (SSSR count). The van der Waals surface area contributed by atoms with Crippen LogP contribution in [0.4, 0.5) is 4.79 Å². The third-order valence-corrected chi connectivity index (χ3v) is 3.19. The molecule has 2 heterocycles. The van der Waals surface area contributed by atoms with E-state index < -0.39 is 6.09 Å². The molecule has 18 heavy (non-hydrogen) atoms. The number of carbonyl (C=O) groups is 2. The number of nitrogens with one attached hydrogen (secondary N) is 3. The maximum Gasteiger partial charge on any atom is 0.412 e. The van der Waals surface area contributed by atoms with E-state index in [9.17, 15) is 9.59 Å². The number of hydrogen-bond donors (Lipinski definition) is 3. The molecular weight excluding hydrogens is 349 g/mol. The van der Waals surface area contributed by atoms with Gasteiger partial charge in [-0.2, -0.15) is 0 Å². The number of rotatable bonds is 3. The molecule has 2 aliphatic heterocycles. The van der Waals surface area contributed by atoms with Crippen molar-refractivity contribution in [3.63, 3.8) is 0 Å². The van der Waals surface area contributed by atoms with Crippen molar-refractivity contribution in [2.45, 2.75) is 23.4 Å². The Morgan fingerprint density at radius 2 is 2.33 bits per heavy atom. The molecule has 3 N–H and O–H groups in total. The van der Waals surface area contributed by atoms with Crippen LogP contribution >= 0.6 is 22.6 Å². The number of carbonyl (C=O) groups excluding carboxylic acids is 2. The van der Waals surface area contributed by atoms with Crippen LogP contribution < -0.4 is 16.0 Å². The highest BCUT2D eigenvalue weighted by molar-refractivity contribution is 14.1. The lowest BCUT2D eigenvalue weighted by molar-refractivity contribution is -0.129. The lowest BCUT2D eigenvalue weighted by Crippen LogP contribution is -2.51. The van der Waals surface area contributed by atoms with Crippen molar-refractivity contribution in [2.75, 3.05) is 6.61 Å². The number of ether oxygens (including phenoxy) is 1. The fraction of sp³-hybridized carbons (Fsp3) is 0.455. The van der Waals surface area contributed by atoms with Crippen LogP contribution in [0.15, 0.2) is 23.5 Å². The molecule has 0 saturated carbocycles. The molecule has 2 amide bonds. The summed E-state index contributed by atoms with van der Waals surface area (Å²) < 4.78 is 5.15. The number of halogens is 1. The fourth-order valence-corrected chi connectivity index (χ4v) is 2.57. The topological polar surface area (TPSA) is 79.5 Å². The largest absolute Gasteiger partial charge is 0.447 e. The Balaban J connectivity index is 1.74. The molecule has 1 saturated heterocycles. The standard InChI is InChI=1S/C11H14IN3O3/c1-6-2-8(12)14-9(3-6)15-11(17)18-5-7-4-10(16)13-7/h2-3,7-8,14H,4-5H2,1H3,(H,13,16)(H,15,17)/t7-,8?/m1/s1. The Morgan fingerprint density at radius 3 is 2.94 bits per heavy atom. The van der Waals surface area contributed by atoms with Crippen LogP contribution in [0.2, 0.25) is 0 Å². The average molecular weight is 363 g/mol. The van der Waals surface area contributed by atoms with E-state index in [1.807, 2.05) is 19.1 Å². The minimum absolute atomic E-state index is 0.00539. The highest BCUT2D eigenvalue weighted by Gasteiger charge is 2.26. The molecule has 2 atom stereocenters. The number of alkyl carbamates (subject to hydrolysis) is 1. The summed E-state index contributed by atoms with van der Waals surface area (Å²) in [5.74, 6) is 0.617. The summed E-state index contributed by atoms with van der Waals surface area (Å²) in [4.78, 5) is 22.2. The van der Waals surface area contributed by atoms with Crippen molar-refractivity contribution < 1.29 is 14.3 Å². The molecule has 0 radical (unpaired) electrons. The fourth-order valence-electron chi connectivity index (χ4n) is 1.66. The number of dihydropyridines is 1. The third kappa shape index (κ3) is 3.62.